The minimum absolute atomic E-state index is 0.0325. The van der Waals surface area contributed by atoms with Gasteiger partial charge in [-0.15, -0.1) is 0 Å². The van der Waals surface area contributed by atoms with Gasteiger partial charge < -0.3 is 10.6 Å². The van der Waals surface area contributed by atoms with Gasteiger partial charge in [0.15, 0.2) is 5.78 Å². The molecule has 4 nitrogen and oxygen atoms in total. The van der Waals surface area contributed by atoms with Crippen LogP contribution in [0.5, 0.6) is 0 Å². The van der Waals surface area contributed by atoms with Gasteiger partial charge in [0.1, 0.15) is 5.82 Å². The molecule has 0 aliphatic carbocycles. The van der Waals surface area contributed by atoms with Crippen molar-refractivity contribution in [1.29, 1.82) is 0 Å². The number of amides is 1. The molecule has 2 N–H and O–H groups in total. The number of aryl methyl sites for hydroxylation is 1. The molecule has 0 spiro atoms. The lowest BCUT2D eigenvalue weighted by molar-refractivity contribution is -0.116. The van der Waals surface area contributed by atoms with E-state index in [1.54, 1.807) is 18.2 Å². The summed E-state index contributed by atoms with van der Waals surface area (Å²) >= 11 is 0. The molecule has 1 aliphatic heterocycles. The summed E-state index contributed by atoms with van der Waals surface area (Å²) in [6, 6.07) is 10.7. The van der Waals surface area contributed by atoms with Crippen LogP contribution in [0, 0.1) is 12.7 Å². The molecule has 130 valence electrons. The van der Waals surface area contributed by atoms with Crippen molar-refractivity contribution in [3.8, 4) is 0 Å². The summed E-state index contributed by atoms with van der Waals surface area (Å²) in [5.41, 5.74) is 3.44. The van der Waals surface area contributed by atoms with Crippen LogP contribution in [0.25, 0.3) is 0 Å². The van der Waals surface area contributed by atoms with Crippen LogP contribution in [0.2, 0.25) is 0 Å². The molecular formula is C20H21FN2O2. The van der Waals surface area contributed by atoms with Gasteiger partial charge in [-0.2, -0.15) is 0 Å². The Hall–Kier alpha value is -2.53. The lowest BCUT2D eigenvalue weighted by atomic mass is 9.99. The topological polar surface area (TPSA) is 58.2 Å². The molecule has 3 rings (SSSR count). The van der Waals surface area contributed by atoms with E-state index >= 15 is 0 Å². The Kier molecular flexibility index (Phi) is 5.24. The molecule has 0 saturated carbocycles. The highest BCUT2D eigenvalue weighted by Crippen LogP contribution is 2.24. The first-order valence-corrected chi connectivity index (χ1v) is 8.45. The number of halogens is 1. The van der Waals surface area contributed by atoms with Crippen molar-refractivity contribution < 1.29 is 14.0 Å². The third kappa shape index (κ3) is 4.12. The third-order valence-electron chi connectivity index (χ3n) is 4.43. The maximum atomic E-state index is 14.5. The smallest absolute Gasteiger partial charge is 0.224 e. The van der Waals surface area contributed by atoms with E-state index in [9.17, 15) is 14.0 Å². The van der Waals surface area contributed by atoms with Crippen molar-refractivity contribution in [3.63, 3.8) is 0 Å². The zero-order chi connectivity index (χ0) is 17.8. The van der Waals surface area contributed by atoms with Crippen LogP contribution < -0.4 is 10.6 Å². The molecule has 0 aromatic heterocycles. The number of carbonyl (C=O) groups is 2. The van der Waals surface area contributed by atoms with Gasteiger partial charge in [0.05, 0.1) is 5.69 Å². The van der Waals surface area contributed by atoms with Gasteiger partial charge in [-0.3, -0.25) is 9.59 Å². The molecule has 0 unspecified atom stereocenters. The summed E-state index contributed by atoms with van der Waals surface area (Å²) in [7, 11) is 0. The fourth-order valence-corrected chi connectivity index (χ4v) is 2.95. The highest BCUT2D eigenvalue weighted by molar-refractivity contribution is 6.00. The van der Waals surface area contributed by atoms with Crippen LogP contribution in [0.3, 0.4) is 0 Å². The van der Waals surface area contributed by atoms with E-state index in [0.717, 1.165) is 17.7 Å². The SMILES string of the molecule is Cc1ccc(C(=O)CCC(=O)Nc2ccc3c(c2F)CCNC3)cc1. The van der Waals surface area contributed by atoms with Crippen molar-refractivity contribution in [2.24, 2.45) is 0 Å². The maximum absolute atomic E-state index is 14.5. The number of nitrogens with one attached hydrogen (secondary N) is 2. The average molecular weight is 340 g/mol. The molecule has 2 aromatic rings. The monoisotopic (exact) mass is 340 g/mol. The van der Waals surface area contributed by atoms with E-state index in [2.05, 4.69) is 10.6 Å². The summed E-state index contributed by atoms with van der Waals surface area (Å²) in [4.78, 5) is 24.2. The molecule has 2 aromatic carbocycles. The lowest BCUT2D eigenvalue weighted by Gasteiger charge is -2.19. The van der Waals surface area contributed by atoms with Crippen molar-refractivity contribution in [3.05, 3.63) is 64.5 Å². The van der Waals surface area contributed by atoms with Crippen molar-refractivity contribution in [1.82, 2.24) is 5.32 Å². The van der Waals surface area contributed by atoms with E-state index in [4.69, 9.17) is 0 Å². The van der Waals surface area contributed by atoms with Gasteiger partial charge in [-0.25, -0.2) is 4.39 Å². The highest BCUT2D eigenvalue weighted by Gasteiger charge is 2.18. The summed E-state index contributed by atoms with van der Waals surface area (Å²) in [6.07, 6.45) is 0.743. The Labute approximate surface area is 146 Å². The Morgan fingerprint density at radius 1 is 1.12 bits per heavy atom. The second-order valence-corrected chi connectivity index (χ2v) is 6.33. The number of anilines is 1. The molecule has 5 heteroatoms. The van der Waals surface area contributed by atoms with E-state index in [1.807, 2.05) is 25.1 Å². The van der Waals surface area contributed by atoms with Gasteiger partial charge in [-0.05, 0) is 37.1 Å². The van der Waals surface area contributed by atoms with Gasteiger partial charge in [0.2, 0.25) is 5.91 Å². The summed E-state index contributed by atoms with van der Waals surface area (Å²) in [5.74, 6) is -0.808. The average Bonchev–Trinajstić information content (AvgIpc) is 2.63. The number of Topliss-reactive ketones (excluding diaryl/α,β-unsaturated/α-hetero) is 1. The second-order valence-electron chi connectivity index (χ2n) is 6.33. The van der Waals surface area contributed by atoms with E-state index < -0.39 is 0 Å². The van der Waals surface area contributed by atoms with Crippen LogP contribution in [0.15, 0.2) is 36.4 Å². The Bertz CT molecular complexity index is 800. The normalized spacial score (nSPS) is 13.2. The standard InChI is InChI=1S/C20H21FN2O2/c1-13-2-4-14(5-3-13)18(24)8-9-19(25)23-17-7-6-15-12-22-11-10-16(15)20(17)21/h2-7,22H,8-12H2,1H3,(H,23,25). The van der Waals surface area contributed by atoms with E-state index in [-0.39, 0.29) is 36.0 Å². The zero-order valence-corrected chi connectivity index (χ0v) is 14.2. The van der Waals surface area contributed by atoms with Gasteiger partial charge in [0.25, 0.3) is 0 Å². The molecular weight excluding hydrogens is 319 g/mol. The highest BCUT2D eigenvalue weighted by atomic mass is 19.1. The predicted molar refractivity (Wildman–Crippen MR) is 95.2 cm³/mol. The first-order chi connectivity index (χ1) is 12.0. The summed E-state index contributed by atoms with van der Waals surface area (Å²) in [5, 5.41) is 5.78. The van der Waals surface area contributed by atoms with Gasteiger partial charge in [-0.1, -0.05) is 35.9 Å². The molecule has 0 bridgehead atoms. The number of ketones is 1. The van der Waals surface area contributed by atoms with Crippen molar-refractivity contribution in [2.75, 3.05) is 11.9 Å². The quantitative estimate of drug-likeness (QED) is 0.821. The summed E-state index contributed by atoms with van der Waals surface area (Å²) in [6.45, 7) is 3.32. The van der Waals surface area contributed by atoms with Crippen LogP contribution in [-0.2, 0) is 17.8 Å². The molecule has 25 heavy (non-hydrogen) atoms. The molecule has 0 atom stereocenters. The maximum Gasteiger partial charge on any atom is 0.224 e. The zero-order valence-electron chi connectivity index (χ0n) is 14.2. The molecule has 1 aliphatic rings. The number of carbonyl (C=O) groups excluding carboxylic acids is 2. The number of hydrogen-bond donors (Lipinski definition) is 2. The number of rotatable bonds is 5. The van der Waals surface area contributed by atoms with Gasteiger partial charge >= 0.3 is 0 Å². The van der Waals surface area contributed by atoms with E-state index in [0.29, 0.717) is 24.1 Å². The Morgan fingerprint density at radius 3 is 2.64 bits per heavy atom. The number of benzene rings is 2. The minimum atomic E-state index is -0.364. The summed E-state index contributed by atoms with van der Waals surface area (Å²) < 4.78 is 14.5. The molecule has 0 radical (unpaired) electrons. The largest absolute Gasteiger partial charge is 0.324 e. The molecule has 0 saturated heterocycles. The van der Waals surface area contributed by atoms with Crippen LogP contribution in [-0.4, -0.2) is 18.2 Å². The number of fused-ring (bicyclic) bond motifs is 1. The van der Waals surface area contributed by atoms with E-state index in [1.165, 1.54) is 0 Å². The second kappa shape index (κ2) is 7.57. The van der Waals surface area contributed by atoms with Crippen LogP contribution >= 0.6 is 0 Å². The van der Waals surface area contributed by atoms with Gasteiger partial charge in [0, 0.05) is 24.9 Å². The Balaban J connectivity index is 1.59. The first-order valence-electron chi connectivity index (χ1n) is 8.45. The van der Waals surface area contributed by atoms with Crippen molar-refractivity contribution >= 4 is 17.4 Å². The fraction of sp³-hybridized carbons (Fsp3) is 0.300. The molecule has 1 heterocycles. The van der Waals surface area contributed by atoms with Crippen LogP contribution in [0.1, 0.15) is 39.9 Å². The number of hydrogen-bond acceptors (Lipinski definition) is 3. The fourth-order valence-electron chi connectivity index (χ4n) is 2.95. The third-order valence-corrected chi connectivity index (χ3v) is 4.43. The molecule has 1 amide bonds. The first kappa shape index (κ1) is 17.3. The minimum Gasteiger partial charge on any atom is -0.324 e. The molecule has 0 fully saturated rings. The Morgan fingerprint density at radius 2 is 1.88 bits per heavy atom. The predicted octanol–water partition coefficient (Wildman–Crippen LogP) is 3.38. The van der Waals surface area contributed by atoms with Crippen molar-refractivity contribution in [2.45, 2.75) is 32.7 Å². The van der Waals surface area contributed by atoms with Crippen LogP contribution in [0.4, 0.5) is 10.1 Å². The lowest BCUT2D eigenvalue weighted by Crippen LogP contribution is -2.25.